The van der Waals surface area contributed by atoms with Crippen LogP contribution in [0.15, 0.2) is 24.3 Å². The molecule has 3 nitrogen and oxygen atoms in total. The summed E-state index contributed by atoms with van der Waals surface area (Å²) < 4.78 is 10.3. The van der Waals surface area contributed by atoms with Crippen LogP contribution in [-0.2, 0) is 4.74 Å². The normalized spacial score (nSPS) is 12.2. The van der Waals surface area contributed by atoms with Crippen molar-refractivity contribution in [3.63, 3.8) is 0 Å². The van der Waals surface area contributed by atoms with Crippen molar-refractivity contribution in [3.8, 4) is 5.75 Å². The zero-order valence-corrected chi connectivity index (χ0v) is 9.62. The largest absolute Gasteiger partial charge is 0.497 e. The van der Waals surface area contributed by atoms with Crippen molar-refractivity contribution in [1.29, 1.82) is 0 Å². The highest BCUT2D eigenvalue weighted by molar-refractivity contribution is 5.48. The van der Waals surface area contributed by atoms with Gasteiger partial charge in [-0.2, -0.15) is 0 Å². The molecule has 1 rings (SSSR count). The Morgan fingerprint density at radius 3 is 2.73 bits per heavy atom. The van der Waals surface area contributed by atoms with E-state index >= 15 is 0 Å². The molecule has 0 amide bonds. The molecule has 3 heteroatoms. The smallest absolute Gasteiger partial charge is 0.120 e. The van der Waals surface area contributed by atoms with Crippen molar-refractivity contribution < 1.29 is 9.47 Å². The van der Waals surface area contributed by atoms with Gasteiger partial charge in [0.2, 0.25) is 0 Å². The number of anilines is 1. The Morgan fingerprint density at radius 2 is 2.13 bits per heavy atom. The molecule has 0 aliphatic rings. The van der Waals surface area contributed by atoms with Gasteiger partial charge in [0.25, 0.3) is 0 Å². The van der Waals surface area contributed by atoms with E-state index in [1.54, 1.807) is 14.2 Å². The molecule has 15 heavy (non-hydrogen) atoms. The summed E-state index contributed by atoms with van der Waals surface area (Å²) in [7, 11) is 3.39. The molecule has 0 aliphatic heterocycles. The van der Waals surface area contributed by atoms with Crippen molar-refractivity contribution in [2.24, 2.45) is 0 Å². The molecular formula is C12H19NO2. The van der Waals surface area contributed by atoms with Gasteiger partial charge in [-0.3, -0.25) is 0 Å². The van der Waals surface area contributed by atoms with Crippen LogP contribution in [0.2, 0.25) is 0 Å². The summed E-state index contributed by atoms with van der Waals surface area (Å²) in [6.07, 6.45) is 1.03. The maximum Gasteiger partial charge on any atom is 0.120 e. The van der Waals surface area contributed by atoms with Crippen LogP contribution < -0.4 is 10.1 Å². The van der Waals surface area contributed by atoms with Crippen molar-refractivity contribution in [3.05, 3.63) is 24.3 Å². The maximum absolute atomic E-state index is 5.16. The summed E-state index contributed by atoms with van der Waals surface area (Å²) in [5.41, 5.74) is 1.07. The lowest BCUT2D eigenvalue weighted by atomic mass is 10.2. The molecule has 0 aliphatic carbocycles. The van der Waals surface area contributed by atoms with E-state index in [9.17, 15) is 0 Å². The molecule has 1 atom stereocenters. The molecule has 1 aromatic carbocycles. The minimum absolute atomic E-state index is 0.349. The third kappa shape index (κ3) is 3.80. The molecule has 0 saturated heterocycles. The van der Waals surface area contributed by atoms with Crippen LogP contribution in [0.3, 0.4) is 0 Å². The maximum atomic E-state index is 5.16. The molecule has 1 aromatic rings. The van der Waals surface area contributed by atoms with Crippen LogP contribution in [0.25, 0.3) is 0 Å². The molecular weight excluding hydrogens is 190 g/mol. The van der Waals surface area contributed by atoms with Gasteiger partial charge in [0.15, 0.2) is 0 Å². The van der Waals surface area contributed by atoms with Crippen molar-refractivity contribution in [2.45, 2.75) is 19.4 Å². The molecule has 1 N–H and O–H groups in total. The number of benzene rings is 1. The molecule has 0 aromatic heterocycles. The van der Waals surface area contributed by atoms with Crippen LogP contribution >= 0.6 is 0 Å². The third-order valence-corrected chi connectivity index (χ3v) is 2.30. The van der Waals surface area contributed by atoms with E-state index in [4.69, 9.17) is 9.47 Å². The Bertz CT molecular complexity index is 289. The van der Waals surface area contributed by atoms with E-state index in [0.717, 1.165) is 17.9 Å². The molecule has 84 valence electrons. The van der Waals surface area contributed by atoms with E-state index < -0.39 is 0 Å². The first kappa shape index (κ1) is 11.9. The minimum atomic E-state index is 0.349. The van der Waals surface area contributed by atoms with Gasteiger partial charge in [0.1, 0.15) is 5.75 Å². The Kier molecular flexibility index (Phi) is 4.98. The Balaban J connectivity index is 2.61. The molecule has 0 saturated carbocycles. The quantitative estimate of drug-likeness (QED) is 0.781. The van der Waals surface area contributed by atoms with Gasteiger partial charge < -0.3 is 14.8 Å². The summed E-state index contributed by atoms with van der Waals surface area (Å²) in [6, 6.07) is 8.27. The van der Waals surface area contributed by atoms with E-state index in [0.29, 0.717) is 12.6 Å². The monoisotopic (exact) mass is 209 g/mol. The van der Waals surface area contributed by atoms with Crippen molar-refractivity contribution >= 4 is 5.69 Å². The zero-order chi connectivity index (χ0) is 11.1. The minimum Gasteiger partial charge on any atom is -0.497 e. The van der Waals surface area contributed by atoms with E-state index in [2.05, 4.69) is 12.2 Å². The average Bonchev–Trinajstić information content (AvgIpc) is 2.29. The molecule has 1 unspecified atom stereocenters. The zero-order valence-electron chi connectivity index (χ0n) is 9.62. The molecule has 0 fully saturated rings. The first-order chi connectivity index (χ1) is 7.30. The van der Waals surface area contributed by atoms with Crippen molar-refractivity contribution in [2.75, 3.05) is 26.1 Å². The first-order valence-corrected chi connectivity index (χ1v) is 5.19. The van der Waals surface area contributed by atoms with E-state index in [1.165, 1.54) is 0 Å². The van der Waals surface area contributed by atoms with Gasteiger partial charge in [-0.25, -0.2) is 0 Å². The second kappa shape index (κ2) is 6.30. The highest BCUT2D eigenvalue weighted by Gasteiger charge is 2.05. The Labute approximate surface area is 91.4 Å². The summed E-state index contributed by atoms with van der Waals surface area (Å²) in [4.78, 5) is 0. The average molecular weight is 209 g/mol. The van der Waals surface area contributed by atoms with E-state index in [-0.39, 0.29) is 0 Å². The fraction of sp³-hybridized carbons (Fsp3) is 0.500. The van der Waals surface area contributed by atoms with Crippen LogP contribution in [0, 0.1) is 0 Å². The number of ether oxygens (including phenoxy) is 2. The van der Waals surface area contributed by atoms with E-state index in [1.807, 2.05) is 24.3 Å². The number of rotatable bonds is 6. The molecule has 0 bridgehead atoms. The lowest BCUT2D eigenvalue weighted by Crippen LogP contribution is -2.23. The van der Waals surface area contributed by atoms with Gasteiger partial charge in [-0.1, -0.05) is 13.0 Å². The molecule has 0 radical (unpaired) electrons. The Morgan fingerprint density at radius 1 is 1.33 bits per heavy atom. The summed E-state index contributed by atoms with van der Waals surface area (Å²) >= 11 is 0. The molecule has 0 heterocycles. The Hall–Kier alpha value is -1.22. The van der Waals surface area contributed by atoms with Crippen LogP contribution in [0.5, 0.6) is 5.75 Å². The van der Waals surface area contributed by atoms with Gasteiger partial charge in [0.05, 0.1) is 13.7 Å². The van der Waals surface area contributed by atoms with Gasteiger partial charge in [-0.05, 0) is 18.6 Å². The summed E-state index contributed by atoms with van der Waals surface area (Å²) in [5, 5.41) is 3.40. The number of methoxy groups -OCH3 is 2. The van der Waals surface area contributed by atoms with Gasteiger partial charge in [-0.15, -0.1) is 0 Å². The lowest BCUT2D eigenvalue weighted by molar-refractivity contribution is 0.184. The summed E-state index contributed by atoms with van der Waals surface area (Å²) in [6.45, 7) is 2.85. The van der Waals surface area contributed by atoms with Crippen LogP contribution in [0.4, 0.5) is 5.69 Å². The predicted octanol–water partition coefficient (Wildman–Crippen LogP) is 2.53. The standard InChI is InChI=1S/C12H19NO2/c1-4-10(9-14-2)13-11-6-5-7-12(8-11)15-3/h5-8,10,13H,4,9H2,1-3H3. The number of hydrogen-bond acceptors (Lipinski definition) is 3. The third-order valence-electron chi connectivity index (χ3n) is 2.30. The highest BCUT2D eigenvalue weighted by Crippen LogP contribution is 2.17. The fourth-order valence-corrected chi connectivity index (χ4v) is 1.41. The van der Waals surface area contributed by atoms with Crippen molar-refractivity contribution in [1.82, 2.24) is 0 Å². The number of hydrogen-bond donors (Lipinski definition) is 1. The summed E-state index contributed by atoms with van der Waals surface area (Å²) in [5.74, 6) is 0.868. The first-order valence-electron chi connectivity index (χ1n) is 5.19. The predicted molar refractivity (Wildman–Crippen MR) is 62.6 cm³/mol. The second-order valence-corrected chi connectivity index (χ2v) is 3.44. The second-order valence-electron chi connectivity index (χ2n) is 3.44. The van der Waals surface area contributed by atoms with Crippen LogP contribution in [0.1, 0.15) is 13.3 Å². The fourth-order valence-electron chi connectivity index (χ4n) is 1.41. The topological polar surface area (TPSA) is 30.5 Å². The van der Waals surface area contributed by atoms with Gasteiger partial charge in [0, 0.05) is 24.9 Å². The van der Waals surface area contributed by atoms with Gasteiger partial charge >= 0.3 is 0 Å². The SMILES string of the molecule is CCC(COC)Nc1cccc(OC)c1. The van der Waals surface area contributed by atoms with Crippen LogP contribution in [-0.4, -0.2) is 26.9 Å². The molecule has 0 spiro atoms. The highest BCUT2D eigenvalue weighted by atomic mass is 16.5. The number of nitrogens with one attached hydrogen (secondary N) is 1. The lowest BCUT2D eigenvalue weighted by Gasteiger charge is -2.17.